The van der Waals surface area contributed by atoms with Gasteiger partial charge in [-0.05, 0) is 12.1 Å². The van der Waals surface area contributed by atoms with Gasteiger partial charge in [-0.2, -0.15) is 4.72 Å². The van der Waals surface area contributed by atoms with Gasteiger partial charge in [0.15, 0.2) is 11.1 Å². The SMILES string of the molecule is Cn1c(CCS(=O)(=O)N[C@@H](Cc2coc3ccccc23)S(=O)O)cccc1=O. The standard InChI is InChI=1S/C18H20N2O6S2/c1-20-14(5-4-8-18(20)21)9-10-28(24,25)19-17(27(22)23)11-13-12-26-16-7-3-2-6-15(13)16/h2-8,12,17,19H,9-11H2,1H3,(H,22,23)/t17-/m1/s1. The predicted octanol–water partition coefficient (Wildman–Crippen LogP) is 1.38. The van der Waals surface area contributed by atoms with Crippen LogP contribution in [0.1, 0.15) is 11.3 Å². The zero-order chi connectivity index (χ0) is 20.3. The van der Waals surface area contributed by atoms with Gasteiger partial charge in [0, 0.05) is 42.6 Å². The second kappa shape index (κ2) is 8.39. The van der Waals surface area contributed by atoms with Crippen molar-refractivity contribution in [1.29, 1.82) is 0 Å². The average Bonchev–Trinajstić information content (AvgIpc) is 3.05. The first-order chi connectivity index (χ1) is 13.3. The van der Waals surface area contributed by atoms with E-state index in [4.69, 9.17) is 4.42 Å². The summed E-state index contributed by atoms with van der Waals surface area (Å²) >= 11 is -2.42. The van der Waals surface area contributed by atoms with Crippen LogP contribution in [-0.4, -0.2) is 32.9 Å². The monoisotopic (exact) mass is 424 g/mol. The summed E-state index contributed by atoms with van der Waals surface area (Å²) in [5.41, 5.74) is 1.58. The van der Waals surface area contributed by atoms with Crippen LogP contribution in [0, 0.1) is 0 Å². The molecule has 0 fully saturated rings. The van der Waals surface area contributed by atoms with Crippen molar-refractivity contribution in [3.05, 3.63) is 70.3 Å². The summed E-state index contributed by atoms with van der Waals surface area (Å²) in [5, 5.41) is -0.456. The number of nitrogens with one attached hydrogen (secondary N) is 1. The summed E-state index contributed by atoms with van der Waals surface area (Å²) in [5.74, 6) is -0.315. The maximum absolute atomic E-state index is 12.4. The van der Waals surface area contributed by atoms with Gasteiger partial charge in [0.25, 0.3) is 0 Å². The minimum Gasteiger partial charge on any atom is -0.464 e. The van der Waals surface area contributed by atoms with Crippen molar-refractivity contribution in [3.8, 4) is 0 Å². The van der Waals surface area contributed by atoms with Crippen LogP contribution >= 0.6 is 0 Å². The van der Waals surface area contributed by atoms with E-state index in [0.29, 0.717) is 16.8 Å². The van der Waals surface area contributed by atoms with Crippen LogP contribution in [0.3, 0.4) is 0 Å². The lowest BCUT2D eigenvalue weighted by atomic mass is 10.1. The highest BCUT2D eigenvalue weighted by Gasteiger charge is 2.24. The van der Waals surface area contributed by atoms with E-state index < -0.39 is 26.5 Å². The van der Waals surface area contributed by atoms with E-state index in [1.165, 1.54) is 16.9 Å². The third-order valence-corrected chi connectivity index (χ3v) is 6.74. The summed E-state index contributed by atoms with van der Waals surface area (Å²) < 4.78 is 55.2. The predicted molar refractivity (Wildman–Crippen MR) is 107 cm³/mol. The number of hydrogen-bond acceptors (Lipinski definition) is 5. The molecular weight excluding hydrogens is 404 g/mol. The zero-order valence-electron chi connectivity index (χ0n) is 15.1. The van der Waals surface area contributed by atoms with E-state index in [-0.39, 0.29) is 24.2 Å². The van der Waals surface area contributed by atoms with Gasteiger partial charge in [-0.1, -0.05) is 24.3 Å². The van der Waals surface area contributed by atoms with Crippen molar-refractivity contribution in [2.24, 2.45) is 7.05 Å². The molecule has 0 aliphatic rings. The van der Waals surface area contributed by atoms with Crippen molar-refractivity contribution in [2.75, 3.05) is 5.75 Å². The van der Waals surface area contributed by atoms with Crippen molar-refractivity contribution < 1.29 is 21.6 Å². The maximum atomic E-state index is 12.4. The van der Waals surface area contributed by atoms with E-state index in [0.717, 1.165) is 5.39 Å². The number of rotatable bonds is 8. The molecule has 0 saturated heterocycles. The lowest BCUT2D eigenvalue weighted by molar-refractivity contribution is 0.529. The molecule has 2 heterocycles. The minimum absolute atomic E-state index is 0.00315. The topological polar surface area (TPSA) is 119 Å². The number of furan rings is 1. The molecule has 0 aliphatic carbocycles. The zero-order valence-corrected chi connectivity index (χ0v) is 16.7. The number of sulfonamides is 1. The molecule has 0 radical (unpaired) electrons. The molecule has 1 aromatic carbocycles. The van der Waals surface area contributed by atoms with E-state index in [1.54, 1.807) is 43.4 Å². The molecule has 0 spiro atoms. The summed E-state index contributed by atoms with van der Waals surface area (Å²) in [7, 11) is -2.30. The molecule has 150 valence electrons. The number of aryl methyl sites for hydroxylation is 1. The summed E-state index contributed by atoms with van der Waals surface area (Å²) in [6.07, 6.45) is 1.56. The van der Waals surface area contributed by atoms with Crippen LogP contribution in [0.15, 0.2) is 57.9 Å². The van der Waals surface area contributed by atoms with Gasteiger partial charge in [0.2, 0.25) is 15.6 Å². The Morgan fingerprint density at radius 1 is 1.21 bits per heavy atom. The van der Waals surface area contributed by atoms with Crippen LogP contribution in [0.25, 0.3) is 11.0 Å². The number of benzene rings is 1. The molecular formula is C18H20N2O6S2. The van der Waals surface area contributed by atoms with Crippen LogP contribution in [0.4, 0.5) is 0 Å². The first-order valence-electron chi connectivity index (χ1n) is 8.46. The number of para-hydroxylation sites is 1. The molecule has 3 aromatic rings. The van der Waals surface area contributed by atoms with Gasteiger partial charge in [-0.25, -0.2) is 12.6 Å². The fourth-order valence-electron chi connectivity index (χ4n) is 2.90. The molecule has 0 bridgehead atoms. The Kier molecular flexibility index (Phi) is 6.14. The van der Waals surface area contributed by atoms with Crippen LogP contribution < -0.4 is 10.3 Å². The second-order valence-corrected chi connectivity index (χ2v) is 9.32. The smallest absolute Gasteiger partial charge is 0.250 e. The molecule has 8 nitrogen and oxygen atoms in total. The van der Waals surface area contributed by atoms with Crippen LogP contribution in [-0.2, 0) is 41.0 Å². The lowest BCUT2D eigenvalue weighted by Gasteiger charge is -2.15. The van der Waals surface area contributed by atoms with Crippen molar-refractivity contribution in [2.45, 2.75) is 18.2 Å². The Morgan fingerprint density at radius 3 is 2.71 bits per heavy atom. The van der Waals surface area contributed by atoms with E-state index >= 15 is 0 Å². The molecule has 10 heteroatoms. The van der Waals surface area contributed by atoms with Crippen LogP contribution in [0.5, 0.6) is 0 Å². The van der Waals surface area contributed by atoms with Gasteiger partial charge in [0.1, 0.15) is 11.0 Å². The van der Waals surface area contributed by atoms with E-state index in [9.17, 15) is 22.0 Å². The molecule has 0 aliphatic heterocycles. The molecule has 2 N–H and O–H groups in total. The fraction of sp³-hybridized carbons (Fsp3) is 0.278. The van der Waals surface area contributed by atoms with Gasteiger partial charge in [-0.3, -0.25) is 4.79 Å². The van der Waals surface area contributed by atoms with Crippen molar-refractivity contribution >= 4 is 32.1 Å². The number of aromatic nitrogens is 1. The largest absolute Gasteiger partial charge is 0.464 e. The first kappa shape index (κ1) is 20.5. The molecule has 0 saturated carbocycles. The Labute approximate surface area is 164 Å². The first-order valence-corrected chi connectivity index (χ1v) is 11.3. The summed E-state index contributed by atoms with van der Waals surface area (Å²) in [6.45, 7) is 0. The molecule has 1 unspecified atom stereocenters. The highest BCUT2D eigenvalue weighted by atomic mass is 32.2. The average molecular weight is 425 g/mol. The molecule has 0 amide bonds. The quantitative estimate of drug-likeness (QED) is 0.528. The number of fused-ring (bicyclic) bond motifs is 1. The maximum Gasteiger partial charge on any atom is 0.250 e. The minimum atomic E-state index is -3.86. The molecule has 2 atom stereocenters. The number of nitrogens with zero attached hydrogens (tertiary/aromatic N) is 1. The Balaban J connectivity index is 1.73. The van der Waals surface area contributed by atoms with Crippen LogP contribution in [0.2, 0.25) is 0 Å². The van der Waals surface area contributed by atoms with Crippen molar-refractivity contribution in [3.63, 3.8) is 0 Å². The third-order valence-electron chi connectivity index (χ3n) is 4.44. The Hall–Kier alpha value is -2.27. The Bertz CT molecular complexity index is 1170. The fourth-order valence-corrected chi connectivity index (χ4v) is 5.07. The summed E-state index contributed by atoms with van der Waals surface area (Å²) in [6, 6.07) is 11.8. The Morgan fingerprint density at radius 2 is 1.96 bits per heavy atom. The normalized spacial score (nSPS) is 14.2. The second-order valence-electron chi connectivity index (χ2n) is 6.33. The number of hydrogen-bond donors (Lipinski definition) is 2. The third kappa shape index (κ3) is 4.76. The van der Waals surface area contributed by atoms with Gasteiger partial charge < -0.3 is 13.5 Å². The van der Waals surface area contributed by atoms with E-state index in [1.807, 2.05) is 0 Å². The molecule has 28 heavy (non-hydrogen) atoms. The van der Waals surface area contributed by atoms with Gasteiger partial charge in [0.05, 0.1) is 12.0 Å². The highest BCUT2D eigenvalue weighted by Crippen LogP contribution is 2.22. The molecule has 3 rings (SSSR count). The van der Waals surface area contributed by atoms with E-state index in [2.05, 4.69) is 4.72 Å². The number of pyridine rings is 1. The molecule has 2 aromatic heterocycles. The van der Waals surface area contributed by atoms with Gasteiger partial charge in [-0.15, -0.1) is 0 Å². The summed E-state index contributed by atoms with van der Waals surface area (Å²) in [4.78, 5) is 11.6. The lowest BCUT2D eigenvalue weighted by Crippen LogP contribution is -2.41. The highest BCUT2D eigenvalue weighted by molar-refractivity contribution is 7.90. The van der Waals surface area contributed by atoms with Crippen molar-refractivity contribution in [1.82, 2.24) is 9.29 Å². The van der Waals surface area contributed by atoms with Gasteiger partial charge >= 0.3 is 0 Å².